The Balaban J connectivity index is 1.50. The monoisotopic (exact) mass is 556 g/mol. The van der Waals surface area contributed by atoms with Gasteiger partial charge in [0.25, 0.3) is 5.91 Å². The van der Waals surface area contributed by atoms with E-state index in [4.69, 9.17) is 0 Å². The number of carbonyl (C=O) groups is 1. The molecule has 10 heteroatoms. The number of carbonyl (C=O) groups excluding carboxylic acids is 1. The Bertz CT molecular complexity index is 1020. The van der Waals surface area contributed by atoms with Crippen molar-refractivity contribution < 1.29 is 13.2 Å². The van der Waals surface area contributed by atoms with Crippen LogP contribution in [0.15, 0.2) is 67.5 Å². The largest absolute Gasteiger partial charge is 0.292 e. The molecule has 1 fully saturated rings. The second-order valence-electron chi connectivity index (χ2n) is 6.87. The van der Waals surface area contributed by atoms with Crippen molar-refractivity contribution in [2.75, 3.05) is 32.7 Å². The molecule has 160 valence electrons. The summed E-state index contributed by atoms with van der Waals surface area (Å²) in [5.41, 5.74) is 4.21. The molecule has 0 radical (unpaired) electrons. The van der Waals surface area contributed by atoms with Crippen LogP contribution in [0.3, 0.4) is 0 Å². The summed E-state index contributed by atoms with van der Waals surface area (Å²) < 4.78 is 28.8. The van der Waals surface area contributed by atoms with Crippen molar-refractivity contribution in [2.24, 2.45) is 5.10 Å². The number of nitrogens with one attached hydrogen (secondary N) is 1. The van der Waals surface area contributed by atoms with E-state index in [0.717, 1.165) is 14.5 Å². The number of sulfonamides is 1. The average Bonchev–Trinajstić information content (AvgIpc) is 2.73. The number of amides is 1. The van der Waals surface area contributed by atoms with E-state index in [0.29, 0.717) is 31.9 Å². The summed E-state index contributed by atoms with van der Waals surface area (Å²) in [6, 6.07) is 14.3. The van der Waals surface area contributed by atoms with E-state index >= 15 is 0 Å². The van der Waals surface area contributed by atoms with Crippen molar-refractivity contribution in [3.63, 3.8) is 0 Å². The van der Waals surface area contributed by atoms with Crippen LogP contribution in [0.4, 0.5) is 0 Å². The minimum absolute atomic E-state index is 0.170. The van der Waals surface area contributed by atoms with Crippen LogP contribution in [0.5, 0.6) is 0 Å². The van der Waals surface area contributed by atoms with Gasteiger partial charge in [-0.15, -0.1) is 0 Å². The third kappa shape index (κ3) is 5.98. The summed E-state index contributed by atoms with van der Waals surface area (Å²) in [4.78, 5) is 14.4. The molecule has 0 bridgehead atoms. The highest BCUT2D eigenvalue weighted by Crippen LogP contribution is 2.20. The van der Waals surface area contributed by atoms with Crippen LogP contribution < -0.4 is 5.43 Å². The molecule has 7 nitrogen and oxygen atoms in total. The number of nitrogens with zero attached hydrogens (tertiary/aromatic N) is 3. The van der Waals surface area contributed by atoms with E-state index in [1.165, 1.54) is 4.31 Å². The maximum absolute atomic E-state index is 12.8. The van der Waals surface area contributed by atoms with Crippen molar-refractivity contribution >= 4 is 53.5 Å². The number of rotatable bonds is 6. The predicted octanol–water partition coefficient (Wildman–Crippen LogP) is 3.06. The number of hydrazone groups is 1. The molecule has 0 aromatic heterocycles. The van der Waals surface area contributed by atoms with Gasteiger partial charge in [-0.05, 0) is 48.9 Å². The lowest BCUT2D eigenvalue weighted by molar-refractivity contribution is -0.122. The van der Waals surface area contributed by atoms with Gasteiger partial charge in [0.05, 0.1) is 17.2 Å². The first-order valence-electron chi connectivity index (χ1n) is 9.33. The zero-order chi connectivity index (χ0) is 21.7. The fourth-order valence-corrected chi connectivity index (χ4v) is 4.97. The van der Waals surface area contributed by atoms with Crippen LogP contribution in [0.25, 0.3) is 0 Å². The lowest BCUT2D eigenvalue weighted by Gasteiger charge is -2.33. The van der Waals surface area contributed by atoms with E-state index in [9.17, 15) is 13.2 Å². The minimum atomic E-state index is -3.53. The quantitative estimate of drug-likeness (QED) is 0.437. The van der Waals surface area contributed by atoms with Gasteiger partial charge in [0.1, 0.15) is 0 Å². The highest BCUT2D eigenvalue weighted by atomic mass is 79.9. The van der Waals surface area contributed by atoms with Gasteiger partial charge in [-0.3, -0.25) is 9.69 Å². The molecule has 0 unspecified atom stereocenters. The van der Waals surface area contributed by atoms with Crippen LogP contribution in [0.1, 0.15) is 12.5 Å². The third-order valence-electron chi connectivity index (χ3n) is 4.76. The van der Waals surface area contributed by atoms with Crippen molar-refractivity contribution in [2.45, 2.75) is 11.8 Å². The Morgan fingerprint density at radius 2 is 1.50 bits per heavy atom. The van der Waals surface area contributed by atoms with Gasteiger partial charge < -0.3 is 0 Å². The van der Waals surface area contributed by atoms with Gasteiger partial charge in [-0.1, -0.05) is 44.0 Å². The van der Waals surface area contributed by atoms with E-state index in [-0.39, 0.29) is 17.3 Å². The summed E-state index contributed by atoms with van der Waals surface area (Å²) in [5.74, 6) is -0.226. The zero-order valence-corrected chi connectivity index (χ0v) is 20.4. The molecule has 0 spiro atoms. The molecule has 1 aliphatic rings. The Morgan fingerprint density at radius 1 is 0.967 bits per heavy atom. The van der Waals surface area contributed by atoms with Crippen LogP contribution in [0.2, 0.25) is 0 Å². The maximum Gasteiger partial charge on any atom is 0.254 e. The fourth-order valence-electron chi connectivity index (χ4n) is 3.02. The van der Waals surface area contributed by atoms with Crippen molar-refractivity contribution in [1.82, 2.24) is 14.6 Å². The molecule has 1 saturated heterocycles. The topological polar surface area (TPSA) is 82.1 Å². The minimum Gasteiger partial charge on any atom is -0.292 e. The SMILES string of the molecule is C/C(=N\NC(=O)CN1CCN(S(=O)(=O)c2ccc(Br)cc2)CC1)c1ccc(Br)cc1. The standard InChI is InChI=1S/C20H22Br2N4O3S/c1-15(16-2-4-17(21)5-3-16)23-24-20(27)14-25-10-12-26(13-11-25)30(28,29)19-8-6-18(22)7-9-19/h2-9H,10-14H2,1H3,(H,24,27)/b23-15+. The number of piperazine rings is 1. The van der Waals surface area contributed by atoms with E-state index in [1.54, 1.807) is 24.3 Å². The summed E-state index contributed by atoms with van der Waals surface area (Å²) in [6.07, 6.45) is 0. The Kier molecular flexibility index (Phi) is 7.81. The van der Waals surface area contributed by atoms with Gasteiger partial charge in [0, 0.05) is 35.1 Å². The van der Waals surface area contributed by atoms with E-state index in [1.807, 2.05) is 36.1 Å². The van der Waals surface area contributed by atoms with Crippen molar-refractivity contribution in [3.05, 3.63) is 63.0 Å². The van der Waals surface area contributed by atoms with Gasteiger partial charge in [0.2, 0.25) is 10.0 Å². The Labute approximate surface area is 193 Å². The van der Waals surface area contributed by atoms with Gasteiger partial charge in [-0.2, -0.15) is 9.41 Å². The number of halogens is 2. The maximum atomic E-state index is 12.8. The van der Waals surface area contributed by atoms with Crippen LogP contribution in [0, 0.1) is 0 Å². The normalized spacial score (nSPS) is 16.4. The average molecular weight is 558 g/mol. The van der Waals surface area contributed by atoms with Gasteiger partial charge in [-0.25, -0.2) is 13.8 Å². The number of hydrogen-bond acceptors (Lipinski definition) is 5. The predicted molar refractivity (Wildman–Crippen MR) is 124 cm³/mol. The molecule has 1 amide bonds. The molecule has 1 aliphatic heterocycles. The highest BCUT2D eigenvalue weighted by Gasteiger charge is 2.29. The first kappa shape index (κ1) is 23.1. The molecule has 0 aliphatic carbocycles. The lowest BCUT2D eigenvalue weighted by atomic mass is 10.1. The second-order valence-corrected chi connectivity index (χ2v) is 10.6. The first-order chi connectivity index (χ1) is 14.3. The smallest absolute Gasteiger partial charge is 0.254 e. The van der Waals surface area contributed by atoms with Gasteiger partial charge >= 0.3 is 0 Å². The summed E-state index contributed by atoms with van der Waals surface area (Å²) in [5, 5.41) is 4.16. The third-order valence-corrected chi connectivity index (χ3v) is 7.73. The number of benzene rings is 2. The van der Waals surface area contributed by atoms with Crippen molar-refractivity contribution in [3.8, 4) is 0 Å². The Hall–Kier alpha value is -1.59. The fraction of sp³-hybridized carbons (Fsp3) is 0.300. The Morgan fingerprint density at radius 3 is 2.07 bits per heavy atom. The molecule has 0 atom stereocenters. The molecule has 3 rings (SSSR count). The summed E-state index contributed by atoms with van der Waals surface area (Å²) in [7, 11) is -3.53. The highest BCUT2D eigenvalue weighted by molar-refractivity contribution is 9.10. The van der Waals surface area contributed by atoms with E-state index in [2.05, 4.69) is 42.4 Å². The molecule has 2 aromatic carbocycles. The van der Waals surface area contributed by atoms with Crippen molar-refractivity contribution in [1.29, 1.82) is 0 Å². The molecule has 1 N–H and O–H groups in total. The van der Waals surface area contributed by atoms with Crippen LogP contribution in [-0.4, -0.2) is 62.0 Å². The van der Waals surface area contributed by atoms with E-state index < -0.39 is 10.0 Å². The second kappa shape index (κ2) is 10.1. The molecule has 2 aromatic rings. The summed E-state index contributed by atoms with van der Waals surface area (Å²) in [6.45, 7) is 3.65. The molecule has 30 heavy (non-hydrogen) atoms. The number of hydrogen-bond donors (Lipinski definition) is 1. The molecular formula is C20H22Br2N4O3S. The molecule has 1 heterocycles. The van der Waals surface area contributed by atoms with Crippen LogP contribution >= 0.6 is 31.9 Å². The molecule has 0 saturated carbocycles. The zero-order valence-electron chi connectivity index (χ0n) is 16.4. The van der Waals surface area contributed by atoms with Crippen LogP contribution in [-0.2, 0) is 14.8 Å². The first-order valence-corrected chi connectivity index (χ1v) is 12.4. The summed E-state index contributed by atoms with van der Waals surface area (Å²) >= 11 is 6.70. The van der Waals surface area contributed by atoms with Gasteiger partial charge in [0.15, 0.2) is 0 Å². The lowest BCUT2D eigenvalue weighted by Crippen LogP contribution is -2.50. The molecular weight excluding hydrogens is 536 g/mol.